The Morgan fingerprint density at radius 1 is 1.31 bits per heavy atom. The molecule has 0 aromatic carbocycles. The molecule has 0 aliphatic carbocycles. The first-order valence-electron chi connectivity index (χ1n) is 4.84. The van der Waals surface area contributed by atoms with Crippen molar-refractivity contribution in [1.82, 2.24) is 10.2 Å². The fourth-order valence-electron chi connectivity index (χ4n) is 1.54. The number of hydrogen-bond acceptors (Lipinski definition) is 0. The predicted molar refractivity (Wildman–Crippen MR) is 58.3 cm³/mol. The minimum absolute atomic E-state index is 0.164. The number of hydrogen-bond donors (Lipinski definition) is 1. The number of guanidine groups is 1. The van der Waals surface area contributed by atoms with E-state index in [-0.39, 0.29) is 5.54 Å². The van der Waals surface area contributed by atoms with Crippen molar-refractivity contribution in [1.29, 1.82) is 0 Å². The zero-order valence-electron chi connectivity index (χ0n) is 10.1. The SMILES string of the molecule is CCN(C(NC)=[N+](C)C)C(C)(C)C. The Morgan fingerprint density at radius 3 is 1.85 bits per heavy atom. The van der Waals surface area contributed by atoms with Crippen LogP contribution < -0.4 is 5.32 Å². The average molecular weight is 186 g/mol. The minimum Gasteiger partial charge on any atom is -0.281 e. The Balaban J connectivity index is 4.87. The summed E-state index contributed by atoms with van der Waals surface area (Å²) in [6, 6.07) is 0. The maximum absolute atomic E-state index is 3.23. The summed E-state index contributed by atoms with van der Waals surface area (Å²) in [5, 5.41) is 3.23. The van der Waals surface area contributed by atoms with E-state index < -0.39 is 0 Å². The predicted octanol–water partition coefficient (Wildman–Crippen LogP) is 0.954. The van der Waals surface area contributed by atoms with E-state index in [1.54, 1.807) is 0 Å². The minimum atomic E-state index is 0.164. The third-order valence-corrected chi connectivity index (χ3v) is 2.03. The van der Waals surface area contributed by atoms with Crippen LogP contribution in [0.4, 0.5) is 0 Å². The molecule has 0 unspecified atom stereocenters. The smallest absolute Gasteiger partial charge is 0.281 e. The van der Waals surface area contributed by atoms with Crippen LogP contribution in [0.5, 0.6) is 0 Å². The van der Waals surface area contributed by atoms with Gasteiger partial charge >= 0.3 is 5.96 Å². The monoisotopic (exact) mass is 186 g/mol. The van der Waals surface area contributed by atoms with Crippen LogP contribution in [0.25, 0.3) is 0 Å². The van der Waals surface area contributed by atoms with Crippen molar-refractivity contribution in [2.75, 3.05) is 27.7 Å². The van der Waals surface area contributed by atoms with Gasteiger partial charge in [-0.1, -0.05) is 0 Å². The Bertz CT molecular complexity index is 185. The van der Waals surface area contributed by atoms with E-state index >= 15 is 0 Å². The lowest BCUT2D eigenvalue weighted by molar-refractivity contribution is -0.473. The largest absolute Gasteiger partial charge is 0.347 e. The molecule has 0 saturated carbocycles. The van der Waals surface area contributed by atoms with Gasteiger partial charge in [-0.05, 0) is 27.7 Å². The summed E-state index contributed by atoms with van der Waals surface area (Å²) in [5.41, 5.74) is 0.164. The lowest BCUT2D eigenvalue weighted by Gasteiger charge is -2.31. The number of rotatable bonds is 1. The second-order valence-electron chi connectivity index (χ2n) is 4.38. The van der Waals surface area contributed by atoms with Crippen molar-refractivity contribution in [2.24, 2.45) is 0 Å². The maximum atomic E-state index is 3.23. The second kappa shape index (κ2) is 4.49. The van der Waals surface area contributed by atoms with Gasteiger partial charge in [0.05, 0.1) is 33.2 Å². The topological polar surface area (TPSA) is 18.3 Å². The summed E-state index contributed by atoms with van der Waals surface area (Å²) in [4.78, 5) is 2.34. The normalized spacial score (nSPS) is 11.0. The van der Waals surface area contributed by atoms with Gasteiger partial charge in [0.1, 0.15) is 0 Å². The van der Waals surface area contributed by atoms with E-state index in [9.17, 15) is 0 Å². The molecule has 3 nitrogen and oxygen atoms in total. The molecule has 0 aromatic heterocycles. The molecule has 0 atom stereocenters. The zero-order valence-corrected chi connectivity index (χ0v) is 10.1. The summed E-state index contributed by atoms with van der Waals surface area (Å²) < 4.78 is 2.11. The van der Waals surface area contributed by atoms with Crippen molar-refractivity contribution in [3.63, 3.8) is 0 Å². The lowest BCUT2D eigenvalue weighted by Crippen LogP contribution is -2.53. The zero-order chi connectivity index (χ0) is 10.6. The highest BCUT2D eigenvalue weighted by Crippen LogP contribution is 2.12. The molecule has 0 fully saturated rings. The molecule has 13 heavy (non-hydrogen) atoms. The van der Waals surface area contributed by atoms with Crippen LogP contribution in [-0.4, -0.2) is 48.7 Å². The quantitative estimate of drug-likeness (QED) is 0.373. The molecule has 3 heteroatoms. The van der Waals surface area contributed by atoms with Gasteiger partial charge in [-0.2, -0.15) is 0 Å². The first-order valence-corrected chi connectivity index (χ1v) is 4.84. The summed E-state index contributed by atoms with van der Waals surface area (Å²) in [6.07, 6.45) is 0. The van der Waals surface area contributed by atoms with Crippen molar-refractivity contribution < 1.29 is 4.58 Å². The Labute approximate surface area is 82.4 Å². The Hall–Kier alpha value is -0.730. The molecule has 0 rings (SSSR count). The van der Waals surface area contributed by atoms with E-state index in [1.807, 2.05) is 7.05 Å². The van der Waals surface area contributed by atoms with Gasteiger partial charge in [0.15, 0.2) is 0 Å². The average Bonchev–Trinajstić information content (AvgIpc) is 1.96. The molecule has 0 bridgehead atoms. The van der Waals surface area contributed by atoms with Gasteiger partial charge in [0, 0.05) is 0 Å². The van der Waals surface area contributed by atoms with Gasteiger partial charge in [-0.15, -0.1) is 0 Å². The van der Waals surface area contributed by atoms with Gasteiger partial charge < -0.3 is 0 Å². The highest BCUT2D eigenvalue weighted by Gasteiger charge is 2.29. The molecule has 0 saturated heterocycles. The summed E-state index contributed by atoms with van der Waals surface area (Å²) in [5.74, 6) is 1.16. The van der Waals surface area contributed by atoms with E-state index in [0.29, 0.717) is 0 Å². The van der Waals surface area contributed by atoms with Crippen LogP contribution in [0.3, 0.4) is 0 Å². The van der Waals surface area contributed by atoms with E-state index in [0.717, 1.165) is 12.5 Å². The van der Waals surface area contributed by atoms with Crippen LogP contribution >= 0.6 is 0 Å². The van der Waals surface area contributed by atoms with Crippen LogP contribution in [0.2, 0.25) is 0 Å². The van der Waals surface area contributed by atoms with Crippen molar-refractivity contribution in [3.8, 4) is 0 Å². The fourth-order valence-corrected chi connectivity index (χ4v) is 1.54. The van der Waals surface area contributed by atoms with Crippen molar-refractivity contribution in [3.05, 3.63) is 0 Å². The number of nitrogens with one attached hydrogen (secondary N) is 1. The molecule has 0 spiro atoms. The van der Waals surface area contributed by atoms with Crippen LogP contribution in [0.1, 0.15) is 27.7 Å². The van der Waals surface area contributed by atoms with Gasteiger partial charge in [0.25, 0.3) is 0 Å². The standard InChI is InChI=1S/C10H23N3/c1-8-13(10(2,3)4)9(11-5)12(6)7/h8H2,1-7H3/p+1. The molecule has 0 heterocycles. The third-order valence-electron chi connectivity index (χ3n) is 2.03. The molecule has 0 aliphatic rings. The Morgan fingerprint density at radius 2 is 1.77 bits per heavy atom. The van der Waals surface area contributed by atoms with E-state index in [4.69, 9.17) is 0 Å². The second-order valence-corrected chi connectivity index (χ2v) is 4.38. The molecular formula is C10H24N3+. The van der Waals surface area contributed by atoms with Crippen LogP contribution in [0, 0.1) is 0 Å². The van der Waals surface area contributed by atoms with Crippen LogP contribution in [0.15, 0.2) is 0 Å². The van der Waals surface area contributed by atoms with Crippen molar-refractivity contribution >= 4 is 5.96 Å². The van der Waals surface area contributed by atoms with E-state index in [2.05, 4.69) is 56.6 Å². The maximum Gasteiger partial charge on any atom is 0.347 e. The summed E-state index contributed by atoms with van der Waals surface area (Å²) in [6.45, 7) is 9.84. The van der Waals surface area contributed by atoms with Crippen LogP contribution in [-0.2, 0) is 0 Å². The first-order chi connectivity index (χ1) is 5.84. The highest BCUT2D eigenvalue weighted by molar-refractivity contribution is 5.75. The Kier molecular flexibility index (Phi) is 4.24. The highest BCUT2D eigenvalue weighted by atomic mass is 15.3. The lowest BCUT2D eigenvalue weighted by atomic mass is 10.1. The molecule has 0 radical (unpaired) electrons. The fraction of sp³-hybridized carbons (Fsp3) is 0.900. The number of nitrogens with zero attached hydrogens (tertiary/aromatic N) is 2. The first kappa shape index (κ1) is 12.3. The van der Waals surface area contributed by atoms with Gasteiger partial charge in [-0.25, -0.2) is 0 Å². The summed E-state index contributed by atoms with van der Waals surface area (Å²) in [7, 11) is 6.07. The summed E-state index contributed by atoms with van der Waals surface area (Å²) >= 11 is 0. The van der Waals surface area contributed by atoms with Gasteiger partial charge in [-0.3, -0.25) is 14.8 Å². The van der Waals surface area contributed by atoms with E-state index in [1.165, 1.54) is 0 Å². The molecule has 0 amide bonds. The molecule has 1 N–H and O–H groups in total. The molecule has 0 aliphatic heterocycles. The molecule has 0 aromatic rings. The molecule has 78 valence electrons. The third kappa shape index (κ3) is 3.25. The van der Waals surface area contributed by atoms with Crippen molar-refractivity contribution in [2.45, 2.75) is 33.2 Å². The van der Waals surface area contributed by atoms with Gasteiger partial charge in [0.2, 0.25) is 0 Å². The molecular weight excluding hydrogens is 162 g/mol.